The van der Waals surface area contributed by atoms with E-state index in [0.29, 0.717) is 11.5 Å². The van der Waals surface area contributed by atoms with Crippen LogP contribution in [0, 0.1) is 0 Å². The Morgan fingerprint density at radius 2 is 1.95 bits per heavy atom. The predicted molar refractivity (Wildman–Crippen MR) is 73.5 cm³/mol. The number of anilines is 2. The van der Waals surface area contributed by atoms with Gasteiger partial charge in [0.25, 0.3) is 0 Å². The SMILES string of the molecule is CN(c1ccc(Cl)c(C(=O)O)c1)c1nccnc1Cl. The van der Waals surface area contributed by atoms with E-state index in [0.717, 1.165) is 0 Å². The van der Waals surface area contributed by atoms with Crippen molar-refractivity contribution in [2.75, 3.05) is 11.9 Å². The average Bonchev–Trinajstić information content (AvgIpc) is 2.38. The van der Waals surface area contributed by atoms with Gasteiger partial charge in [0.2, 0.25) is 0 Å². The summed E-state index contributed by atoms with van der Waals surface area (Å²) in [7, 11) is 1.71. The molecule has 0 saturated heterocycles. The Kier molecular flexibility index (Phi) is 3.87. The summed E-state index contributed by atoms with van der Waals surface area (Å²) >= 11 is 11.8. The van der Waals surface area contributed by atoms with Crippen molar-refractivity contribution < 1.29 is 9.90 Å². The van der Waals surface area contributed by atoms with Gasteiger partial charge in [0.05, 0.1) is 10.6 Å². The number of aromatic nitrogens is 2. The summed E-state index contributed by atoms with van der Waals surface area (Å²) in [6, 6.07) is 4.65. The summed E-state index contributed by atoms with van der Waals surface area (Å²) in [5.74, 6) is -0.659. The van der Waals surface area contributed by atoms with Crippen molar-refractivity contribution in [3.63, 3.8) is 0 Å². The molecule has 5 nitrogen and oxygen atoms in total. The minimum Gasteiger partial charge on any atom is -0.478 e. The molecule has 2 aromatic rings. The van der Waals surface area contributed by atoms with Crippen LogP contribution in [0.15, 0.2) is 30.6 Å². The van der Waals surface area contributed by atoms with Gasteiger partial charge in [0, 0.05) is 25.1 Å². The van der Waals surface area contributed by atoms with Crippen LogP contribution in [0.1, 0.15) is 10.4 Å². The molecule has 1 aromatic carbocycles. The highest BCUT2D eigenvalue weighted by atomic mass is 35.5. The number of aromatic carboxylic acids is 1. The molecule has 19 heavy (non-hydrogen) atoms. The summed E-state index contributed by atoms with van der Waals surface area (Å²) in [6.45, 7) is 0. The summed E-state index contributed by atoms with van der Waals surface area (Å²) in [5.41, 5.74) is 0.621. The highest BCUT2D eigenvalue weighted by Gasteiger charge is 2.14. The summed E-state index contributed by atoms with van der Waals surface area (Å²) in [5, 5.41) is 9.45. The summed E-state index contributed by atoms with van der Waals surface area (Å²) < 4.78 is 0. The predicted octanol–water partition coefficient (Wildman–Crippen LogP) is 3.25. The zero-order chi connectivity index (χ0) is 14.0. The number of hydrogen-bond donors (Lipinski definition) is 1. The smallest absolute Gasteiger partial charge is 0.337 e. The molecule has 0 atom stereocenters. The molecule has 0 amide bonds. The molecule has 0 radical (unpaired) electrons. The molecule has 0 unspecified atom stereocenters. The van der Waals surface area contributed by atoms with E-state index in [-0.39, 0.29) is 15.7 Å². The van der Waals surface area contributed by atoms with Crippen LogP contribution in [0.3, 0.4) is 0 Å². The standard InChI is InChI=1S/C12H9Cl2N3O2/c1-17(11-10(14)15-4-5-16-11)7-2-3-9(13)8(6-7)12(18)19/h2-6H,1H3,(H,18,19). The van der Waals surface area contributed by atoms with Gasteiger partial charge in [-0.05, 0) is 18.2 Å². The van der Waals surface area contributed by atoms with Crippen LogP contribution in [-0.2, 0) is 0 Å². The van der Waals surface area contributed by atoms with Gasteiger partial charge in [-0.3, -0.25) is 0 Å². The molecule has 0 spiro atoms. The third-order valence-corrected chi connectivity index (χ3v) is 3.12. The maximum Gasteiger partial charge on any atom is 0.337 e. The Morgan fingerprint density at radius 3 is 2.58 bits per heavy atom. The number of nitrogens with zero attached hydrogens (tertiary/aromatic N) is 3. The van der Waals surface area contributed by atoms with Crippen molar-refractivity contribution in [3.05, 3.63) is 46.3 Å². The molecular weight excluding hydrogens is 289 g/mol. The second kappa shape index (κ2) is 5.42. The minimum atomic E-state index is -1.09. The lowest BCUT2D eigenvalue weighted by Crippen LogP contribution is -2.13. The fourth-order valence-electron chi connectivity index (χ4n) is 1.55. The lowest BCUT2D eigenvalue weighted by Gasteiger charge is -2.19. The monoisotopic (exact) mass is 297 g/mol. The van der Waals surface area contributed by atoms with Gasteiger partial charge in [-0.15, -0.1) is 0 Å². The summed E-state index contributed by atoms with van der Waals surface area (Å²) in [6.07, 6.45) is 2.98. The summed E-state index contributed by atoms with van der Waals surface area (Å²) in [4.78, 5) is 20.7. The molecular formula is C12H9Cl2N3O2. The van der Waals surface area contributed by atoms with Crippen LogP contribution < -0.4 is 4.90 Å². The van der Waals surface area contributed by atoms with Gasteiger partial charge in [0.15, 0.2) is 11.0 Å². The Labute approximate surface area is 119 Å². The van der Waals surface area contributed by atoms with Gasteiger partial charge >= 0.3 is 5.97 Å². The van der Waals surface area contributed by atoms with E-state index in [9.17, 15) is 4.79 Å². The number of benzene rings is 1. The number of halogens is 2. The molecule has 98 valence electrons. The molecule has 1 heterocycles. The van der Waals surface area contributed by atoms with Crippen LogP contribution in [0.25, 0.3) is 0 Å². The van der Waals surface area contributed by atoms with Crippen LogP contribution in [-0.4, -0.2) is 28.1 Å². The van der Waals surface area contributed by atoms with Gasteiger partial charge < -0.3 is 10.0 Å². The van der Waals surface area contributed by atoms with E-state index in [1.165, 1.54) is 24.5 Å². The number of carbonyl (C=O) groups is 1. The maximum absolute atomic E-state index is 11.0. The van der Waals surface area contributed by atoms with Gasteiger partial charge in [-0.1, -0.05) is 23.2 Å². The van der Waals surface area contributed by atoms with Crippen LogP contribution in [0.4, 0.5) is 11.5 Å². The fraction of sp³-hybridized carbons (Fsp3) is 0.0833. The van der Waals surface area contributed by atoms with Crippen molar-refractivity contribution in [1.82, 2.24) is 9.97 Å². The van der Waals surface area contributed by atoms with Crippen molar-refractivity contribution in [3.8, 4) is 0 Å². The van der Waals surface area contributed by atoms with Crippen LogP contribution >= 0.6 is 23.2 Å². The Balaban J connectivity index is 2.45. The molecule has 7 heteroatoms. The Hall–Kier alpha value is -1.85. The minimum absolute atomic E-state index is 0.0195. The first-order valence-electron chi connectivity index (χ1n) is 5.24. The molecule has 0 aliphatic heterocycles. The van der Waals surface area contributed by atoms with E-state index in [1.807, 2.05) is 0 Å². The molecule has 0 fully saturated rings. The number of hydrogen-bond acceptors (Lipinski definition) is 4. The quantitative estimate of drug-likeness (QED) is 0.942. The Morgan fingerprint density at radius 1 is 1.26 bits per heavy atom. The number of rotatable bonds is 3. The zero-order valence-electron chi connectivity index (χ0n) is 9.84. The zero-order valence-corrected chi connectivity index (χ0v) is 11.4. The van der Waals surface area contributed by atoms with Gasteiger partial charge in [-0.2, -0.15) is 0 Å². The van der Waals surface area contributed by atoms with E-state index in [4.69, 9.17) is 28.3 Å². The highest BCUT2D eigenvalue weighted by molar-refractivity contribution is 6.33. The molecule has 2 rings (SSSR count). The van der Waals surface area contributed by atoms with Crippen molar-refractivity contribution >= 4 is 40.7 Å². The normalized spacial score (nSPS) is 10.3. The average molecular weight is 298 g/mol. The first kappa shape index (κ1) is 13.6. The second-order valence-electron chi connectivity index (χ2n) is 3.70. The van der Waals surface area contributed by atoms with Gasteiger partial charge in [-0.25, -0.2) is 14.8 Å². The highest BCUT2D eigenvalue weighted by Crippen LogP contribution is 2.29. The topological polar surface area (TPSA) is 66.3 Å². The van der Waals surface area contributed by atoms with E-state index >= 15 is 0 Å². The Bertz CT molecular complexity index is 634. The maximum atomic E-state index is 11.0. The molecule has 1 N–H and O–H groups in total. The van der Waals surface area contributed by atoms with Crippen LogP contribution in [0.5, 0.6) is 0 Å². The fourth-order valence-corrected chi connectivity index (χ4v) is 1.98. The molecule has 0 saturated carbocycles. The molecule has 0 bridgehead atoms. The first-order valence-corrected chi connectivity index (χ1v) is 5.99. The third-order valence-electron chi connectivity index (χ3n) is 2.52. The van der Waals surface area contributed by atoms with E-state index in [2.05, 4.69) is 9.97 Å². The lowest BCUT2D eigenvalue weighted by atomic mass is 10.2. The lowest BCUT2D eigenvalue weighted by molar-refractivity contribution is 0.0697. The number of carboxylic acid groups (broad SMARTS) is 1. The van der Waals surface area contributed by atoms with Crippen LogP contribution in [0.2, 0.25) is 10.2 Å². The largest absolute Gasteiger partial charge is 0.478 e. The molecule has 1 aromatic heterocycles. The second-order valence-corrected chi connectivity index (χ2v) is 4.46. The van der Waals surface area contributed by atoms with Gasteiger partial charge in [0.1, 0.15) is 0 Å². The van der Waals surface area contributed by atoms with Crippen molar-refractivity contribution in [2.45, 2.75) is 0 Å². The van der Waals surface area contributed by atoms with E-state index < -0.39 is 5.97 Å². The number of carboxylic acids is 1. The first-order chi connectivity index (χ1) is 9.00. The van der Waals surface area contributed by atoms with Crippen molar-refractivity contribution in [1.29, 1.82) is 0 Å². The molecule has 0 aliphatic carbocycles. The van der Waals surface area contributed by atoms with Crippen molar-refractivity contribution in [2.24, 2.45) is 0 Å². The molecule has 0 aliphatic rings. The van der Waals surface area contributed by atoms with E-state index in [1.54, 1.807) is 18.0 Å². The third kappa shape index (κ3) is 2.77.